The number of hydrogen-bond acceptors (Lipinski definition) is 4. The first-order valence-corrected chi connectivity index (χ1v) is 7.86. The van der Waals surface area contributed by atoms with Crippen molar-refractivity contribution in [2.75, 3.05) is 7.11 Å². The minimum absolute atomic E-state index is 0.352. The number of nitrogens with one attached hydrogen (secondary N) is 1. The van der Waals surface area contributed by atoms with Crippen molar-refractivity contribution < 1.29 is 4.74 Å². The first-order chi connectivity index (χ1) is 10.1. The topological polar surface area (TPSA) is 59.9 Å². The minimum Gasteiger partial charge on any atom is -0.494 e. The van der Waals surface area contributed by atoms with Gasteiger partial charge in [0.2, 0.25) is 0 Å². The third-order valence-electron chi connectivity index (χ3n) is 2.79. The molecule has 0 saturated heterocycles. The Labute approximate surface area is 137 Å². The lowest BCUT2D eigenvalue weighted by Gasteiger charge is -2.07. The summed E-state index contributed by atoms with van der Waals surface area (Å²) in [5.41, 5.74) is 0.142. The van der Waals surface area contributed by atoms with Gasteiger partial charge in [-0.1, -0.05) is 11.6 Å². The smallest absolute Gasteiger partial charge is 0.348 e. The third kappa shape index (κ3) is 2.76. The number of halogens is 2. The fourth-order valence-corrected chi connectivity index (χ4v) is 3.36. The summed E-state index contributed by atoms with van der Waals surface area (Å²) in [4.78, 5) is 15.7. The van der Waals surface area contributed by atoms with Crippen LogP contribution in [0.5, 0.6) is 5.75 Å². The number of methoxy groups -OCH3 is 1. The number of hydrogen-bond donors (Lipinski definition) is 1. The second-order valence-electron chi connectivity index (χ2n) is 4.11. The maximum Gasteiger partial charge on any atom is 0.348 e. The molecule has 0 unspecified atom stereocenters. The first-order valence-electron chi connectivity index (χ1n) is 5.87. The predicted octanol–water partition coefficient (Wildman–Crippen LogP) is 3.71. The number of ether oxygens (including phenoxy) is 1. The maximum absolute atomic E-state index is 12.1. The van der Waals surface area contributed by atoms with E-state index in [2.05, 4.69) is 26.0 Å². The van der Waals surface area contributed by atoms with E-state index in [4.69, 9.17) is 16.3 Å². The molecular formula is C13H9BrClN3O2S. The second-order valence-corrected chi connectivity index (χ2v) is 7.01. The van der Waals surface area contributed by atoms with Crippen LogP contribution in [-0.2, 0) is 0 Å². The summed E-state index contributed by atoms with van der Waals surface area (Å²) in [6, 6.07) is 8.81. The highest BCUT2D eigenvalue weighted by Gasteiger charge is 2.14. The Balaban J connectivity index is 2.14. The number of benzene rings is 1. The molecule has 3 rings (SSSR count). The zero-order chi connectivity index (χ0) is 15.0. The van der Waals surface area contributed by atoms with Gasteiger partial charge in [-0.05, 0) is 46.3 Å². The van der Waals surface area contributed by atoms with E-state index in [-0.39, 0.29) is 5.69 Å². The summed E-state index contributed by atoms with van der Waals surface area (Å²) in [6.07, 6.45) is 0. The maximum atomic E-state index is 12.1. The molecule has 0 aliphatic carbocycles. The summed E-state index contributed by atoms with van der Waals surface area (Å²) >= 11 is 10.9. The van der Waals surface area contributed by atoms with E-state index in [1.807, 2.05) is 12.1 Å². The van der Waals surface area contributed by atoms with E-state index in [1.54, 1.807) is 18.2 Å². The van der Waals surface area contributed by atoms with Crippen molar-refractivity contribution in [2.45, 2.75) is 0 Å². The van der Waals surface area contributed by atoms with Gasteiger partial charge in [0.1, 0.15) is 11.4 Å². The third-order valence-corrected chi connectivity index (χ3v) is 4.66. The number of rotatable bonds is 3. The second kappa shape index (κ2) is 5.67. The fraction of sp³-hybridized carbons (Fsp3) is 0.0769. The Hall–Kier alpha value is -1.57. The SMILES string of the molecule is COc1ccc(Cl)cc1-n1nc(-c2ccc(Br)s2)[nH]c1=O. The van der Waals surface area contributed by atoms with E-state index in [0.717, 1.165) is 8.66 Å². The molecule has 21 heavy (non-hydrogen) atoms. The van der Waals surface area contributed by atoms with E-state index in [1.165, 1.54) is 23.1 Å². The van der Waals surface area contributed by atoms with Gasteiger partial charge in [0.05, 0.1) is 15.8 Å². The lowest BCUT2D eigenvalue weighted by atomic mass is 10.3. The predicted molar refractivity (Wildman–Crippen MR) is 86.8 cm³/mol. The summed E-state index contributed by atoms with van der Waals surface area (Å²) in [5.74, 6) is 1.02. The van der Waals surface area contributed by atoms with Crippen LogP contribution in [0.2, 0.25) is 5.02 Å². The molecule has 108 valence electrons. The van der Waals surface area contributed by atoms with E-state index >= 15 is 0 Å². The summed E-state index contributed by atoms with van der Waals surface area (Å²) in [7, 11) is 1.53. The zero-order valence-electron chi connectivity index (χ0n) is 10.8. The van der Waals surface area contributed by atoms with Gasteiger partial charge in [-0.25, -0.2) is 4.79 Å². The average molecular weight is 387 g/mol. The Kier molecular flexibility index (Phi) is 3.88. The van der Waals surface area contributed by atoms with Gasteiger partial charge in [-0.3, -0.25) is 4.98 Å². The largest absolute Gasteiger partial charge is 0.494 e. The molecule has 0 aliphatic heterocycles. The Morgan fingerprint density at radius 3 is 2.86 bits per heavy atom. The van der Waals surface area contributed by atoms with Gasteiger partial charge in [-0.2, -0.15) is 4.68 Å². The minimum atomic E-state index is -0.352. The number of aromatic amines is 1. The number of nitrogens with zero attached hydrogens (tertiary/aromatic N) is 2. The summed E-state index contributed by atoms with van der Waals surface area (Å²) in [6.45, 7) is 0. The van der Waals surface area contributed by atoms with Crippen LogP contribution in [0.4, 0.5) is 0 Å². The van der Waals surface area contributed by atoms with Crippen LogP contribution in [0, 0.1) is 0 Å². The fourth-order valence-electron chi connectivity index (χ4n) is 1.87. The molecule has 0 spiro atoms. The molecule has 8 heteroatoms. The Morgan fingerprint density at radius 2 is 2.19 bits per heavy atom. The summed E-state index contributed by atoms with van der Waals surface area (Å²) < 4.78 is 7.46. The van der Waals surface area contributed by atoms with Crippen LogP contribution in [0.3, 0.4) is 0 Å². The number of aromatic nitrogens is 3. The molecule has 5 nitrogen and oxygen atoms in total. The van der Waals surface area contributed by atoms with Crippen LogP contribution in [0.25, 0.3) is 16.4 Å². The van der Waals surface area contributed by atoms with Gasteiger partial charge in [0.25, 0.3) is 0 Å². The lowest BCUT2D eigenvalue weighted by molar-refractivity contribution is 0.411. The highest BCUT2D eigenvalue weighted by Crippen LogP contribution is 2.29. The molecule has 0 atom stereocenters. The van der Waals surface area contributed by atoms with E-state index < -0.39 is 0 Å². The molecule has 0 bridgehead atoms. The quantitative estimate of drug-likeness (QED) is 0.746. The molecule has 0 amide bonds. The number of H-pyrrole nitrogens is 1. The monoisotopic (exact) mass is 385 g/mol. The molecule has 1 N–H and O–H groups in total. The molecule has 2 heterocycles. The van der Waals surface area contributed by atoms with E-state index in [9.17, 15) is 4.79 Å². The van der Waals surface area contributed by atoms with Crippen molar-refractivity contribution in [3.63, 3.8) is 0 Å². The van der Waals surface area contributed by atoms with Crippen molar-refractivity contribution in [1.82, 2.24) is 14.8 Å². The summed E-state index contributed by atoms with van der Waals surface area (Å²) in [5, 5.41) is 4.81. The molecule has 0 radical (unpaired) electrons. The van der Waals surface area contributed by atoms with Crippen molar-refractivity contribution in [3.8, 4) is 22.1 Å². The van der Waals surface area contributed by atoms with Crippen LogP contribution < -0.4 is 10.4 Å². The molecule has 0 aliphatic rings. The van der Waals surface area contributed by atoms with Gasteiger partial charge >= 0.3 is 5.69 Å². The highest BCUT2D eigenvalue weighted by molar-refractivity contribution is 9.11. The molecule has 0 fully saturated rings. The van der Waals surface area contributed by atoms with Crippen LogP contribution in [-0.4, -0.2) is 21.9 Å². The van der Waals surface area contributed by atoms with Crippen LogP contribution >= 0.6 is 38.9 Å². The standard InChI is InChI=1S/C13H9BrClN3O2S/c1-20-9-3-2-7(15)6-8(9)18-13(19)16-12(17-18)10-4-5-11(14)21-10/h2-6H,1H3,(H,16,17,19). The van der Waals surface area contributed by atoms with Crippen molar-refractivity contribution in [2.24, 2.45) is 0 Å². The molecular weight excluding hydrogens is 378 g/mol. The van der Waals surface area contributed by atoms with Crippen LogP contribution in [0.15, 0.2) is 38.9 Å². The Bertz CT molecular complexity index is 855. The normalized spacial score (nSPS) is 10.8. The van der Waals surface area contributed by atoms with Crippen LogP contribution in [0.1, 0.15) is 0 Å². The Morgan fingerprint density at radius 1 is 1.38 bits per heavy atom. The van der Waals surface area contributed by atoms with Crippen molar-refractivity contribution in [3.05, 3.63) is 49.6 Å². The van der Waals surface area contributed by atoms with Gasteiger partial charge in [0.15, 0.2) is 5.82 Å². The van der Waals surface area contributed by atoms with Crippen molar-refractivity contribution in [1.29, 1.82) is 0 Å². The average Bonchev–Trinajstić information content (AvgIpc) is 3.05. The van der Waals surface area contributed by atoms with E-state index in [0.29, 0.717) is 22.3 Å². The molecule has 0 saturated carbocycles. The first kappa shape index (κ1) is 14.4. The van der Waals surface area contributed by atoms with Gasteiger partial charge < -0.3 is 4.74 Å². The number of thiophene rings is 1. The molecule has 3 aromatic rings. The van der Waals surface area contributed by atoms with Gasteiger partial charge in [0, 0.05) is 5.02 Å². The van der Waals surface area contributed by atoms with Crippen molar-refractivity contribution >= 4 is 38.9 Å². The molecule has 2 aromatic heterocycles. The lowest BCUT2D eigenvalue weighted by Crippen LogP contribution is -2.16. The molecule has 1 aromatic carbocycles. The van der Waals surface area contributed by atoms with Gasteiger partial charge in [-0.15, -0.1) is 16.4 Å². The zero-order valence-corrected chi connectivity index (χ0v) is 13.9. The highest BCUT2D eigenvalue weighted by atomic mass is 79.9.